The van der Waals surface area contributed by atoms with E-state index in [0.29, 0.717) is 6.42 Å². The fourth-order valence-electron chi connectivity index (χ4n) is 3.21. The van der Waals surface area contributed by atoms with E-state index in [1.165, 1.54) is 12.0 Å². The molecule has 3 rings (SSSR count). The second-order valence-electron chi connectivity index (χ2n) is 5.42. The van der Waals surface area contributed by atoms with Gasteiger partial charge in [-0.25, -0.2) is 14.8 Å². The SMILES string of the molecule is Cc1nc2c(c(N3CCC[C@H]3C(=O)O)n1)CCCC2. The van der Waals surface area contributed by atoms with Gasteiger partial charge >= 0.3 is 5.97 Å². The van der Waals surface area contributed by atoms with E-state index in [0.717, 1.165) is 49.6 Å². The van der Waals surface area contributed by atoms with Crippen LogP contribution in [0.2, 0.25) is 0 Å². The molecule has 0 amide bonds. The third-order valence-corrected chi connectivity index (χ3v) is 4.08. The molecular weight excluding hydrogens is 242 g/mol. The van der Waals surface area contributed by atoms with Crippen LogP contribution in [-0.2, 0) is 17.6 Å². The molecule has 1 N–H and O–H groups in total. The lowest BCUT2D eigenvalue weighted by atomic mass is 9.96. The van der Waals surface area contributed by atoms with Crippen LogP contribution in [0.1, 0.15) is 42.8 Å². The third kappa shape index (κ3) is 2.17. The number of rotatable bonds is 2. The second-order valence-corrected chi connectivity index (χ2v) is 5.42. The van der Waals surface area contributed by atoms with Crippen molar-refractivity contribution in [3.63, 3.8) is 0 Å². The van der Waals surface area contributed by atoms with Crippen LogP contribution in [0.3, 0.4) is 0 Å². The van der Waals surface area contributed by atoms with E-state index < -0.39 is 12.0 Å². The summed E-state index contributed by atoms with van der Waals surface area (Å²) < 4.78 is 0. The van der Waals surface area contributed by atoms with Gasteiger partial charge in [-0.2, -0.15) is 0 Å². The molecule has 1 atom stereocenters. The Hall–Kier alpha value is -1.65. The van der Waals surface area contributed by atoms with Crippen molar-refractivity contribution in [3.8, 4) is 0 Å². The summed E-state index contributed by atoms with van der Waals surface area (Å²) in [6.07, 6.45) is 5.94. The van der Waals surface area contributed by atoms with Gasteiger partial charge in [0, 0.05) is 17.8 Å². The number of aromatic nitrogens is 2. The molecular formula is C14H19N3O2. The van der Waals surface area contributed by atoms with Crippen LogP contribution < -0.4 is 4.90 Å². The molecule has 0 aromatic carbocycles. The molecule has 19 heavy (non-hydrogen) atoms. The number of hydrogen-bond donors (Lipinski definition) is 1. The van der Waals surface area contributed by atoms with Crippen molar-refractivity contribution in [2.75, 3.05) is 11.4 Å². The van der Waals surface area contributed by atoms with Gasteiger partial charge in [0.05, 0.1) is 0 Å². The zero-order valence-electron chi connectivity index (χ0n) is 11.2. The molecule has 1 aliphatic heterocycles. The van der Waals surface area contributed by atoms with Crippen LogP contribution >= 0.6 is 0 Å². The lowest BCUT2D eigenvalue weighted by Crippen LogP contribution is -2.37. The highest BCUT2D eigenvalue weighted by Crippen LogP contribution is 2.32. The molecule has 5 heteroatoms. The summed E-state index contributed by atoms with van der Waals surface area (Å²) >= 11 is 0. The van der Waals surface area contributed by atoms with Gasteiger partial charge in [0.15, 0.2) is 0 Å². The van der Waals surface area contributed by atoms with E-state index in [9.17, 15) is 9.90 Å². The van der Waals surface area contributed by atoms with Gasteiger partial charge < -0.3 is 10.0 Å². The van der Waals surface area contributed by atoms with E-state index in [4.69, 9.17) is 0 Å². The Morgan fingerprint density at radius 1 is 1.26 bits per heavy atom. The monoisotopic (exact) mass is 261 g/mol. The van der Waals surface area contributed by atoms with Crippen LogP contribution in [-0.4, -0.2) is 33.6 Å². The first kappa shape index (κ1) is 12.4. The summed E-state index contributed by atoms with van der Waals surface area (Å²) in [6, 6.07) is -0.416. The van der Waals surface area contributed by atoms with Gasteiger partial charge in [0.2, 0.25) is 0 Å². The highest BCUT2D eigenvalue weighted by molar-refractivity contribution is 5.79. The number of carboxylic acid groups (broad SMARTS) is 1. The van der Waals surface area contributed by atoms with Crippen LogP contribution in [0, 0.1) is 6.92 Å². The third-order valence-electron chi connectivity index (χ3n) is 4.08. The van der Waals surface area contributed by atoms with Crippen molar-refractivity contribution in [2.45, 2.75) is 51.5 Å². The maximum atomic E-state index is 11.4. The van der Waals surface area contributed by atoms with Gasteiger partial charge in [-0.05, 0) is 45.4 Å². The number of fused-ring (bicyclic) bond motifs is 1. The zero-order valence-corrected chi connectivity index (χ0v) is 11.2. The Labute approximate surface area is 112 Å². The molecule has 1 saturated heterocycles. The molecule has 0 bridgehead atoms. The normalized spacial score (nSPS) is 22.4. The number of aryl methyl sites for hydroxylation is 2. The van der Waals surface area contributed by atoms with E-state index in [1.54, 1.807) is 0 Å². The van der Waals surface area contributed by atoms with Crippen molar-refractivity contribution in [1.29, 1.82) is 0 Å². The Bertz CT molecular complexity index is 516. The quantitative estimate of drug-likeness (QED) is 0.878. The predicted molar refractivity (Wildman–Crippen MR) is 71.4 cm³/mol. The maximum absolute atomic E-state index is 11.4. The Morgan fingerprint density at radius 2 is 2.05 bits per heavy atom. The molecule has 5 nitrogen and oxygen atoms in total. The molecule has 0 saturated carbocycles. The molecule has 2 heterocycles. The predicted octanol–water partition coefficient (Wildman–Crippen LogP) is 1.72. The van der Waals surface area contributed by atoms with Crippen LogP contribution in [0.15, 0.2) is 0 Å². The molecule has 1 aromatic rings. The topological polar surface area (TPSA) is 66.3 Å². The van der Waals surface area contributed by atoms with Gasteiger partial charge in [0.25, 0.3) is 0 Å². The Kier molecular flexibility index (Phi) is 3.12. The first-order valence-electron chi connectivity index (χ1n) is 7.02. The van der Waals surface area contributed by atoms with Crippen molar-refractivity contribution < 1.29 is 9.90 Å². The lowest BCUT2D eigenvalue weighted by molar-refractivity contribution is -0.138. The van der Waals surface area contributed by atoms with E-state index in [1.807, 2.05) is 11.8 Å². The highest BCUT2D eigenvalue weighted by atomic mass is 16.4. The van der Waals surface area contributed by atoms with Crippen molar-refractivity contribution >= 4 is 11.8 Å². The molecule has 1 aliphatic carbocycles. The molecule has 0 spiro atoms. The first-order valence-corrected chi connectivity index (χ1v) is 7.02. The smallest absolute Gasteiger partial charge is 0.326 e. The summed E-state index contributed by atoms with van der Waals surface area (Å²) in [5.41, 5.74) is 2.31. The number of carbonyl (C=O) groups is 1. The largest absolute Gasteiger partial charge is 0.480 e. The summed E-state index contributed by atoms with van der Waals surface area (Å²) in [6.45, 7) is 2.68. The molecule has 1 fully saturated rings. The number of carboxylic acids is 1. The van der Waals surface area contributed by atoms with Crippen molar-refractivity contribution in [3.05, 3.63) is 17.1 Å². The highest BCUT2D eigenvalue weighted by Gasteiger charge is 2.34. The van der Waals surface area contributed by atoms with Crippen LogP contribution in [0.25, 0.3) is 0 Å². The Morgan fingerprint density at radius 3 is 2.84 bits per heavy atom. The standard InChI is InChI=1S/C14H19N3O2/c1-9-15-11-6-3-2-5-10(11)13(16-9)17-8-4-7-12(17)14(18)19/h12H,2-8H2,1H3,(H,18,19)/t12-/m0/s1. The summed E-state index contributed by atoms with van der Waals surface area (Å²) in [7, 11) is 0. The van der Waals surface area contributed by atoms with Crippen LogP contribution in [0.4, 0.5) is 5.82 Å². The molecule has 0 radical (unpaired) electrons. The maximum Gasteiger partial charge on any atom is 0.326 e. The van der Waals surface area contributed by atoms with Gasteiger partial charge in [0.1, 0.15) is 17.7 Å². The minimum atomic E-state index is -0.738. The van der Waals surface area contributed by atoms with Gasteiger partial charge in [-0.1, -0.05) is 0 Å². The zero-order chi connectivity index (χ0) is 13.4. The fraction of sp³-hybridized carbons (Fsp3) is 0.643. The molecule has 102 valence electrons. The number of anilines is 1. The lowest BCUT2D eigenvalue weighted by Gasteiger charge is -2.27. The molecule has 2 aliphatic rings. The number of aliphatic carboxylic acids is 1. The second kappa shape index (κ2) is 4.79. The van der Waals surface area contributed by atoms with Crippen molar-refractivity contribution in [1.82, 2.24) is 9.97 Å². The summed E-state index contributed by atoms with van der Waals surface area (Å²) in [4.78, 5) is 22.4. The average molecular weight is 261 g/mol. The molecule has 1 aromatic heterocycles. The fourth-order valence-corrected chi connectivity index (χ4v) is 3.21. The molecule has 0 unspecified atom stereocenters. The Balaban J connectivity index is 2.04. The van der Waals surface area contributed by atoms with Gasteiger partial charge in [-0.3, -0.25) is 0 Å². The summed E-state index contributed by atoms with van der Waals surface area (Å²) in [5.74, 6) is 0.900. The average Bonchev–Trinajstić information content (AvgIpc) is 2.86. The van der Waals surface area contributed by atoms with Crippen LogP contribution in [0.5, 0.6) is 0 Å². The van der Waals surface area contributed by atoms with E-state index in [2.05, 4.69) is 9.97 Å². The number of hydrogen-bond acceptors (Lipinski definition) is 4. The first-order chi connectivity index (χ1) is 9.16. The van der Waals surface area contributed by atoms with Crippen molar-refractivity contribution in [2.24, 2.45) is 0 Å². The van der Waals surface area contributed by atoms with E-state index in [-0.39, 0.29) is 0 Å². The minimum absolute atomic E-state index is 0.416. The summed E-state index contributed by atoms with van der Waals surface area (Å²) in [5, 5.41) is 9.33. The number of nitrogens with zero attached hydrogens (tertiary/aromatic N) is 3. The van der Waals surface area contributed by atoms with Gasteiger partial charge in [-0.15, -0.1) is 0 Å². The minimum Gasteiger partial charge on any atom is -0.480 e. The van der Waals surface area contributed by atoms with E-state index >= 15 is 0 Å².